The van der Waals surface area contributed by atoms with Crippen LogP contribution in [0.25, 0.3) is 6.08 Å². The monoisotopic (exact) mass is 381 g/mol. The number of nitrogens with one attached hydrogen (secondary N) is 1. The Morgan fingerprint density at radius 1 is 1.19 bits per heavy atom. The van der Waals surface area contributed by atoms with Crippen LogP contribution in [0, 0.1) is 17.1 Å². The van der Waals surface area contributed by atoms with E-state index >= 15 is 0 Å². The Balaban J connectivity index is 1.92. The second kappa shape index (κ2) is 7.76. The lowest BCUT2D eigenvalue weighted by molar-refractivity contribution is -0.122. The molecule has 1 aliphatic heterocycles. The van der Waals surface area contributed by atoms with Crippen LogP contribution < -0.4 is 15.0 Å². The first-order chi connectivity index (χ1) is 13.0. The molecule has 2 amide bonds. The molecule has 134 valence electrons. The average Bonchev–Trinajstić information content (AvgIpc) is 2.66. The molecule has 1 saturated heterocycles. The third kappa shape index (κ3) is 3.83. The lowest BCUT2D eigenvalue weighted by Gasteiger charge is -2.29. The van der Waals surface area contributed by atoms with Gasteiger partial charge in [0.15, 0.2) is 11.7 Å². The number of ether oxygens (including phenoxy) is 1. The molecule has 0 radical (unpaired) electrons. The van der Waals surface area contributed by atoms with E-state index < -0.39 is 17.6 Å². The maximum atomic E-state index is 14.1. The molecule has 2 aromatic carbocycles. The standard InChI is InChI=1S/C19H12FN3O3S/c20-15-3-1-2-4-16(15)23-18(25)14(17(24)22-19(23)27)11-12-5-7-13(8-6-12)26-10-9-21/h1-8,11H,10H2,(H,22,24,27)/b14-11+. The molecule has 0 saturated carbocycles. The van der Waals surface area contributed by atoms with Gasteiger partial charge in [-0.15, -0.1) is 0 Å². The number of hydrogen-bond acceptors (Lipinski definition) is 5. The van der Waals surface area contributed by atoms with E-state index in [1.54, 1.807) is 30.3 Å². The molecule has 1 heterocycles. The van der Waals surface area contributed by atoms with Crippen LogP contribution in [0.2, 0.25) is 0 Å². The molecule has 0 aliphatic carbocycles. The van der Waals surface area contributed by atoms with E-state index in [-0.39, 0.29) is 23.0 Å². The quantitative estimate of drug-likeness (QED) is 0.500. The van der Waals surface area contributed by atoms with Crippen molar-refractivity contribution in [2.24, 2.45) is 0 Å². The molecule has 0 bridgehead atoms. The van der Waals surface area contributed by atoms with Crippen molar-refractivity contribution in [3.8, 4) is 11.8 Å². The Kier molecular flexibility index (Phi) is 5.24. The first kappa shape index (κ1) is 18.2. The number of amides is 2. The van der Waals surface area contributed by atoms with E-state index in [4.69, 9.17) is 22.2 Å². The summed E-state index contributed by atoms with van der Waals surface area (Å²) in [7, 11) is 0. The fourth-order valence-electron chi connectivity index (χ4n) is 2.45. The van der Waals surface area contributed by atoms with Crippen LogP contribution in [-0.4, -0.2) is 23.5 Å². The lowest BCUT2D eigenvalue weighted by Crippen LogP contribution is -2.54. The van der Waals surface area contributed by atoms with Gasteiger partial charge in [-0.25, -0.2) is 9.29 Å². The third-order valence-corrected chi connectivity index (χ3v) is 3.97. The summed E-state index contributed by atoms with van der Waals surface area (Å²) in [6.45, 7) is -0.0869. The summed E-state index contributed by atoms with van der Waals surface area (Å²) in [6.07, 6.45) is 1.38. The molecule has 0 aromatic heterocycles. The van der Waals surface area contributed by atoms with E-state index in [1.807, 2.05) is 6.07 Å². The van der Waals surface area contributed by atoms with E-state index in [1.165, 1.54) is 24.3 Å². The van der Waals surface area contributed by atoms with E-state index in [0.717, 1.165) is 4.90 Å². The van der Waals surface area contributed by atoms with Gasteiger partial charge >= 0.3 is 0 Å². The van der Waals surface area contributed by atoms with Crippen molar-refractivity contribution in [1.29, 1.82) is 5.26 Å². The number of nitriles is 1. The number of thiocarbonyl (C=S) groups is 1. The van der Waals surface area contributed by atoms with Gasteiger partial charge < -0.3 is 4.74 Å². The van der Waals surface area contributed by atoms with Crippen molar-refractivity contribution in [3.63, 3.8) is 0 Å². The third-order valence-electron chi connectivity index (χ3n) is 3.69. The summed E-state index contributed by atoms with van der Waals surface area (Å²) in [5.41, 5.74) is 0.329. The van der Waals surface area contributed by atoms with Gasteiger partial charge in [0, 0.05) is 0 Å². The molecule has 8 heteroatoms. The highest BCUT2D eigenvalue weighted by Gasteiger charge is 2.35. The van der Waals surface area contributed by atoms with Crippen LogP contribution in [0.5, 0.6) is 5.75 Å². The Bertz CT molecular complexity index is 996. The number of benzene rings is 2. The predicted octanol–water partition coefficient (Wildman–Crippen LogP) is 2.56. The smallest absolute Gasteiger partial charge is 0.270 e. The Morgan fingerprint density at radius 3 is 2.56 bits per heavy atom. The second-order valence-electron chi connectivity index (χ2n) is 5.43. The number of nitrogens with zero attached hydrogens (tertiary/aromatic N) is 2. The maximum Gasteiger partial charge on any atom is 0.270 e. The van der Waals surface area contributed by atoms with Crippen LogP contribution in [-0.2, 0) is 9.59 Å². The second-order valence-corrected chi connectivity index (χ2v) is 5.81. The van der Waals surface area contributed by atoms with Crippen LogP contribution in [0.3, 0.4) is 0 Å². The number of halogens is 1. The molecule has 6 nitrogen and oxygen atoms in total. The number of para-hydroxylation sites is 1. The topological polar surface area (TPSA) is 82.4 Å². The summed E-state index contributed by atoms with van der Waals surface area (Å²) >= 11 is 5.03. The van der Waals surface area contributed by atoms with Gasteiger partial charge in [0.2, 0.25) is 0 Å². The minimum Gasteiger partial charge on any atom is -0.479 e. The highest BCUT2D eigenvalue weighted by Crippen LogP contribution is 2.24. The van der Waals surface area contributed by atoms with Gasteiger partial charge in [-0.2, -0.15) is 5.26 Å². The summed E-state index contributed by atoms with van der Waals surface area (Å²) in [5.74, 6) is -1.55. The van der Waals surface area contributed by atoms with Crippen LogP contribution >= 0.6 is 12.2 Å². The van der Waals surface area contributed by atoms with Crippen molar-refractivity contribution in [2.75, 3.05) is 11.5 Å². The lowest BCUT2D eigenvalue weighted by atomic mass is 10.1. The molecule has 1 N–H and O–H groups in total. The van der Waals surface area contributed by atoms with Gasteiger partial charge in [-0.05, 0) is 48.1 Å². The summed E-state index contributed by atoms with van der Waals surface area (Å²) < 4.78 is 19.2. The van der Waals surface area contributed by atoms with Crippen molar-refractivity contribution >= 4 is 40.9 Å². The highest BCUT2D eigenvalue weighted by atomic mass is 32.1. The Hall–Kier alpha value is -3.57. The van der Waals surface area contributed by atoms with Gasteiger partial charge in [0.1, 0.15) is 23.2 Å². The number of carbonyl (C=O) groups is 2. The largest absolute Gasteiger partial charge is 0.479 e. The van der Waals surface area contributed by atoms with Crippen LogP contribution in [0.1, 0.15) is 5.56 Å². The zero-order valence-corrected chi connectivity index (χ0v) is 14.6. The fourth-order valence-corrected chi connectivity index (χ4v) is 2.73. The summed E-state index contributed by atoms with van der Waals surface area (Å²) in [5, 5.41) is 10.7. The first-order valence-corrected chi connectivity index (χ1v) is 8.18. The minimum absolute atomic E-state index is 0.0429. The minimum atomic E-state index is -0.723. The molecule has 2 aromatic rings. The molecule has 1 aliphatic rings. The van der Waals surface area contributed by atoms with Gasteiger partial charge in [0.05, 0.1) is 5.69 Å². The molecule has 0 spiro atoms. The van der Waals surface area contributed by atoms with Crippen LogP contribution in [0.15, 0.2) is 54.1 Å². The van der Waals surface area contributed by atoms with Crippen LogP contribution in [0.4, 0.5) is 10.1 Å². The van der Waals surface area contributed by atoms with E-state index in [9.17, 15) is 14.0 Å². The van der Waals surface area contributed by atoms with E-state index in [0.29, 0.717) is 11.3 Å². The van der Waals surface area contributed by atoms with Crippen molar-refractivity contribution in [1.82, 2.24) is 5.32 Å². The normalized spacial score (nSPS) is 15.5. The maximum absolute atomic E-state index is 14.1. The van der Waals surface area contributed by atoms with Crippen molar-refractivity contribution in [3.05, 3.63) is 65.5 Å². The van der Waals surface area contributed by atoms with Gasteiger partial charge in [0.25, 0.3) is 11.8 Å². The van der Waals surface area contributed by atoms with Gasteiger partial charge in [-0.1, -0.05) is 24.3 Å². The highest BCUT2D eigenvalue weighted by molar-refractivity contribution is 7.80. The number of carbonyl (C=O) groups excluding carboxylic acids is 2. The number of rotatable bonds is 4. The zero-order chi connectivity index (χ0) is 19.4. The molecule has 0 atom stereocenters. The molecule has 0 unspecified atom stereocenters. The Labute approximate surface area is 159 Å². The number of anilines is 1. The molecular formula is C19H12FN3O3S. The summed E-state index contributed by atoms with van der Waals surface area (Å²) in [6, 6.07) is 14.0. The average molecular weight is 381 g/mol. The SMILES string of the molecule is N#CCOc1ccc(/C=C2\C(=O)NC(=S)N(c3ccccc3F)C2=O)cc1. The zero-order valence-electron chi connectivity index (χ0n) is 13.8. The predicted molar refractivity (Wildman–Crippen MR) is 100 cm³/mol. The molecule has 3 rings (SSSR count). The molecular weight excluding hydrogens is 369 g/mol. The number of hydrogen-bond donors (Lipinski definition) is 1. The van der Waals surface area contributed by atoms with Gasteiger partial charge in [-0.3, -0.25) is 14.9 Å². The molecule has 1 fully saturated rings. The summed E-state index contributed by atoms with van der Waals surface area (Å²) in [4.78, 5) is 26.0. The first-order valence-electron chi connectivity index (χ1n) is 7.77. The van der Waals surface area contributed by atoms with E-state index in [2.05, 4.69) is 5.32 Å². The fraction of sp³-hybridized carbons (Fsp3) is 0.0526. The van der Waals surface area contributed by atoms with Crippen molar-refractivity contribution in [2.45, 2.75) is 0 Å². The Morgan fingerprint density at radius 2 is 1.89 bits per heavy atom. The molecule has 27 heavy (non-hydrogen) atoms. The van der Waals surface area contributed by atoms with Crippen molar-refractivity contribution < 1.29 is 18.7 Å².